The Morgan fingerprint density at radius 1 is 1.25 bits per heavy atom. The van der Waals surface area contributed by atoms with Crippen LogP contribution in [0.2, 0.25) is 0 Å². The van der Waals surface area contributed by atoms with Crippen LogP contribution in [-0.4, -0.2) is 73.3 Å². The molecule has 0 aromatic heterocycles. The molecule has 0 aromatic carbocycles. The van der Waals surface area contributed by atoms with Crippen LogP contribution >= 0.6 is 0 Å². The van der Waals surface area contributed by atoms with Crippen molar-refractivity contribution in [2.24, 2.45) is 11.8 Å². The molecule has 3 unspecified atom stereocenters. The highest BCUT2D eigenvalue weighted by atomic mass is 16.2. The Labute approximate surface area is 143 Å². The topological polar surface area (TPSA) is 81.8 Å². The zero-order chi connectivity index (χ0) is 17.1. The van der Waals surface area contributed by atoms with Crippen molar-refractivity contribution >= 4 is 17.7 Å². The van der Waals surface area contributed by atoms with E-state index in [0.29, 0.717) is 32.0 Å². The highest BCUT2D eigenvalue weighted by Crippen LogP contribution is 2.23. The van der Waals surface area contributed by atoms with Gasteiger partial charge in [-0.05, 0) is 38.1 Å². The molecule has 134 valence electrons. The number of hydrogen-bond acceptors (Lipinski definition) is 4. The third kappa shape index (κ3) is 3.88. The maximum absolute atomic E-state index is 12.6. The number of piperidine rings is 1. The summed E-state index contributed by atoms with van der Waals surface area (Å²) in [7, 11) is 1.75. The number of hydrogen-bond donors (Lipinski definition) is 2. The second-order valence-corrected chi connectivity index (χ2v) is 7.36. The summed E-state index contributed by atoms with van der Waals surface area (Å²) in [4.78, 5) is 39.9. The number of amides is 3. The van der Waals surface area contributed by atoms with Crippen molar-refractivity contribution in [2.45, 2.75) is 38.1 Å². The second-order valence-electron chi connectivity index (χ2n) is 7.36. The first-order chi connectivity index (χ1) is 11.5. The van der Waals surface area contributed by atoms with Crippen molar-refractivity contribution in [2.75, 3.05) is 39.8 Å². The summed E-state index contributed by atoms with van der Waals surface area (Å²) in [5, 5.41) is 6.24. The largest absolute Gasteiger partial charge is 0.354 e. The summed E-state index contributed by atoms with van der Waals surface area (Å²) in [6, 6.07) is -0.0497. The van der Waals surface area contributed by atoms with Crippen LogP contribution in [0.15, 0.2) is 0 Å². The summed E-state index contributed by atoms with van der Waals surface area (Å²) in [5.74, 6) is 0.347. The van der Waals surface area contributed by atoms with Gasteiger partial charge in [0.15, 0.2) is 0 Å². The lowest BCUT2D eigenvalue weighted by Crippen LogP contribution is -2.48. The van der Waals surface area contributed by atoms with Crippen molar-refractivity contribution in [3.63, 3.8) is 0 Å². The molecule has 0 spiro atoms. The Balaban J connectivity index is 1.46. The van der Waals surface area contributed by atoms with Gasteiger partial charge in [-0.2, -0.15) is 0 Å². The van der Waals surface area contributed by atoms with Crippen LogP contribution in [0, 0.1) is 11.8 Å². The third-order valence-electron chi connectivity index (χ3n) is 5.46. The highest BCUT2D eigenvalue weighted by molar-refractivity contribution is 5.89. The third-order valence-corrected chi connectivity index (χ3v) is 5.46. The van der Waals surface area contributed by atoms with E-state index in [9.17, 15) is 14.4 Å². The van der Waals surface area contributed by atoms with Crippen molar-refractivity contribution in [1.82, 2.24) is 20.4 Å². The molecule has 7 heteroatoms. The number of carbonyl (C=O) groups excluding carboxylic acids is 3. The van der Waals surface area contributed by atoms with Gasteiger partial charge in [-0.1, -0.05) is 0 Å². The Kier molecular flexibility index (Phi) is 5.38. The van der Waals surface area contributed by atoms with E-state index >= 15 is 0 Å². The highest BCUT2D eigenvalue weighted by Gasteiger charge is 2.36. The van der Waals surface area contributed by atoms with E-state index in [4.69, 9.17) is 0 Å². The van der Waals surface area contributed by atoms with E-state index in [1.165, 1.54) is 0 Å². The van der Waals surface area contributed by atoms with Gasteiger partial charge in [-0.25, -0.2) is 0 Å². The molecule has 0 radical (unpaired) electrons. The first-order valence-electron chi connectivity index (χ1n) is 9.08. The summed E-state index contributed by atoms with van der Waals surface area (Å²) in [6.07, 6.45) is 4.29. The number of rotatable bonds is 4. The summed E-state index contributed by atoms with van der Waals surface area (Å²) >= 11 is 0. The maximum atomic E-state index is 12.6. The minimum atomic E-state index is -0.196. The molecule has 3 amide bonds. The predicted octanol–water partition coefficient (Wildman–Crippen LogP) is -0.428. The van der Waals surface area contributed by atoms with Gasteiger partial charge in [-0.3, -0.25) is 14.4 Å². The molecule has 2 N–H and O–H groups in total. The normalized spacial score (nSPS) is 30.7. The average Bonchev–Trinajstić information content (AvgIpc) is 3.23. The number of nitrogens with zero attached hydrogens (tertiary/aromatic N) is 2. The van der Waals surface area contributed by atoms with Crippen LogP contribution in [0.1, 0.15) is 32.1 Å². The number of carbonyl (C=O) groups is 3. The lowest BCUT2D eigenvalue weighted by molar-refractivity contribution is -0.137. The SMILES string of the molecule is CN1CC(C(=O)N2CCCC(CNC(=O)C3CCCN3)C2)CC1=O. The van der Waals surface area contributed by atoms with Crippen molar-refractivity contribution in [3.05, 3.63) is 0 Å². The van der Waals surface area contributed by atoms with Gasteiger partial charge in [0.1, 0.15) is 0 Å². The molecule has 0 bridgehead atoms. The minimum absolute atomic E-state index is 0.0497. The average molecular weight is 336 g/mol. The van der Waals surface area contributed by atoms with E-state index in [2.05, 4.69) is 10.6 Å². The smallest absolute Gasteiger partial charge is 0.237 e. The summed E-state index contributed by atoms with van der Waals surface area (Å²) in [5.41, 5.74) is 0. The fourth-order valence-electron chi connectivity index (χ4n) is 4.00. The Morgan fingerprint density at radius 3 is 2.75 bits per heavy atom. The standard InChI is InChI=1S/C17H28N4O3/c1-20-11-13(8-15(20)22)17(24)21-7-3-4-12(10-21)9-19-16(23)14-5-2-6-18-14/h12-14,18H,2-11H2,1H3,(H,19,23). The van der Waals surface area contributed by atoms with E-state index in [1.807, 2.05) is 4.90 Å². The molecule has 0 saturated carbocycles. The lowest BCUT2D eigenvalue weighted by Gasteiger charge is -2.34. The molecule has 3 aliphatic heterocycles. The minimum Gasteiger partial charge on any atom is -0.354 e. The Hall–Kier alpha value is -1.63. The lowest BCUT2D eigenvalue weighted by atomic mass is 9.96. The van der Waals surface area contributed by atoms with Gasteiger partial charge < -0.3 is 20.4 Å². The van der Waals surface area contributed by atoms with Crippen molar-refractivity contribution < 1.29 is 14.4 Å². The quantitative estimate of drug-likeness (QED) is 0.730. The van der Waals surface area contributed by atoms with Gasteiger partial charge in [0.2, 0.25) is 17.7 Å². The molecule has 24 heavy (non-hydrogen) atoms. The van der Waals surface area contributed by atoms with E-state index in [1.54, 1.807) is 11.9 Å². The Morgan fingerprint density at radius 2 is 2.08 bits per heavy atom. The molecule has 3 rings (SSSR count). The molecular formula is C17H28N4O3. The molecule has 3 saturated heterocycles. The van der Waals surface area contributed by atoms with Crippen LogP contribution in [0.25, 0.3) is 0 Å². The van der Waals surface area contributed by atoms with E-state index < -0.39 is 0 Å². The van der Waals surface area contributed by atoms with Crippen molar-refractivity contribution in [1.29, 1.82) is 0 Å². The molecule has 3 fully saturated rings. The van der Waals surface area contributed by atoms with Crippen LogP contribution in [0.4, 0.5) is 0 Å². The fraction of sp³-hybridized carbons (Fsp3) is 0.824. The van der Waals surface area contributed by atoms with E-state index in [-0.39, 0.29) is 29.7 Å². The molecule has 0 aromatic rings. The maximum Gasteiger partial charge on any atom is 0.237 e. The van der Waals surface area contributed by atoms with Gasteiger partial charge in [0.25, 0.3) is 0 Å². The zero-order valence-corrected chi connectivity index (χ0v) is 14.4. The zero-order valence-electron chi connectivity index (χ0n) is 14.4. The van der Waals surface area contributed by atoms with Crippen LogP contribution in [0.5, 0.6) is 0 Å². The van der Waals surface area contributed by atoms with Crippen molar-refractivity contribution in [3.8, 4) is 0 Å². The van der Waals surface area contributed by atoms with Gasteiger partial charge in [0, 0.05) is 39.6 Å². The fourth-order valence-corrected chi connectivity index (χ4v) is 4.00. The molecule has 3 aliphatic rings. The summed E-state index contributed by atoms with van der Waals surface area (Å²) in [6.45, 7) is 3.53. The summed E-state index contributed by atoms with van der Waals surface area (Å²) < 4.78 is 0. The van der Waals surface area contributed by atoms with Crippen LogP contribution in [-0.2, 0) is 14.4 Å². The number of nitrogens with one attached hydrogen (secondary N) is 2. The molecule has 7 nitrogen and oxygen atoms in total. The molecule has 3 atom stereocenters. The van der Waals surface area contributed by atoms with Gasteiger partial charge >= 0.3 is 0 Å². The van der Waals surface area contributed by atoms with Gasteiger partial charge in [0.05, 0.1) is 12.0 Å². The Bertz CT molecular complexity index is 504. The van der Waals surface area contributed by atoms with Gasteiger partial charge in [-0.15, -0.1) is 0 Å². The first-order valence-corrected chi connectivity index (χ1v) is 9.08. The molecular weight excluding hydrogens is 308 g/mol. The van der Waals surface area contributed by atoms with Crippen LogP contribution in [0.3, 0.4) is 0 Å². The first kappa shape index (κ1) is 17.2. The monoisotopic (exact) mass is 336 g/mol. The molecule has 0 aliphatic carbocycles. The predicted molar refractivity (Wildman–Crippen MR) is 89.1 cm³/mol. The number of likely N-dealkylation sites (tertiary alicyclic amines) is 2. The van der Waals surface area contributed by atoms with E-state index in [0.717, 1.165) is 38.8 Å². The second kappa shape index (κ2) is 7.51. The molecule has 3 heterocycles. The van der Waals surface area contributed by atoms with Crippen LogP contribution < -0.4 is 10.6 Å².